The second-order valence-electron chi connectivity index (χ2n) is 3.55. The average Bonchev–Trinajstić information content (AvgIpc) is 2.33. The Balaban J connectivity index is 2.33. The molecule has 0 bridgehead atoms. The quantitative estimate of drug-likeness (QED) is 0.925. The molecule has 0 aliphatic heterocycles. The first-order chi connectivity index (χ1) is 8.08. The summed E-state index contributed by atoms with van der Waals surface area (Å²) >= 11 is 3.26. The Bertz CT molecular complexity index is 529. The number of nitrogens with two attached hydrogens (primary N) is 1. The SMILES string of the molecule is NC(c1ccc(F)c(F)c1)c1ccc(Br)cn1. The maximum atomic E-state index is 13.1. The molecule has 0 aliphatic rings. The van der Waals surface area contributed by atoms with E-state index in [4.69, 9.17) is 5.73 Å². The lowest BCUT2D eigenvalue weighted by molar-refractivity contribution is 0.506. The molecule has 1 aromatic carbocycles. The van der Waals surface area contributed by atoms with Crippen molar-refractivity contribution >= 4 is 15.9 Å². The monoisotopic (exact) mass is 298 g/mol. The van der Waals surface area contributed by atoms with Crippen molar-refractivity contribution < 1.29 is 8.78 Å². The van der Waals surface area contributed by atoms with Crippen molar-refractivity contribution in [2.75, 3.05) is 0 Å². The third-order valence-corrected chi connectivity index (χ3v) is 2.84. The van der Waals surface area contributed by atoms with E-state index >= 15 is 0 Å². The summed E-state index contributed by atoms with van der Waals surface area (Å²) in [4.78, 5) is 4.12. The number of halogens is 3. The molecule has 2 nitrogen and oxygen atoms in total. The van der Waals surface area contributed by atoms with E-state index < -0.39 is 17.7 Å². The second kappa shape index (κ2) is 4.89. The first kappa shape index (κ1) is 12.1. The van der Waals surface area contributed by atoms with Crippen molar-refractivity contribution in [3.05, 3.63) is 63.9 Å². The lowest BCUT2D eigenvalue weighted by Gasteiger charge is -2.11. The molecule has 2 rings (SSSR count). The number of nitrogens with zero attached hydrogens (tertiary/aromatic N) is 1. The maximum absolute atomic E-state index is 13.1. The fraction of sp³-hybridized carbons (Fsp3) is 0.0833. The van der Waals surface area contributed by atoms with Crippen LogP contribution in [0.3, 0.4) is 0 Å². The Morgan fingerprint density at radius 1 is 1.12 bits per heavy atom. The van der Waals surface area contributed by atoms with Crippen molar-refractivity contribution in [2.24, 2.45) is 5.73 Å². The summed E-state index contributed by atoms with van der Waals surface area (Å²) < 4.78 is 26.7. The highest BCUT2D eigenvalue weighted by Gasteiger charge is 2.12. The van der Waals surface area contributed by atoms with Crippen LogP contribution in [0.1, 0.15) is 17.3 Å². The molecular weight excluding hydrogens is 290 g/mol. The molecule has 17 heavy (non-hydrogen) atoms. The summed E-state index contributed by atoms with van der Waals surface area (Å²) in [6.07, 6.45) is 1.61. The summed E-state index contributed by atoms with van der Waals surface area (Å²) in [7, 11) is 0. The van der Waals surface area contributed by atoms with Crippen LogP contribution in [-0.2, 0) is 0 Å². The first-order valence-electron chi connectivity index (χ1n) is 4.90. The van der Waals surface area contributed by atoms with Gasteiger partial charge in [0, 0.05) is 10.7 Å². The zero-order valence-electron chi connectivity index (χ0n) is 8.70. The van der Waals surface area contributed by atoms with E-state index in [1.54, 1.807) is 18.3 Å². The minimum atomic E-state index is -0.907. The third kappa shape index (κ3) is 2.68. The smallest absolute Gasteiger partial charge is 0.159 e. The van der Waals surface area contributed by atoms with Gasteiger partial charge in [-0.2, -0.15) is 0 Å². The Kier molecular flexibility index (Phi) is 3.49. The van der Waals surface area contributed by atoms with Crippen molar-refractivity contribution in [2.45, 2.75) is 6.04 Å². The molecule has 1 heterocycles. The lowest BCUT2D eigenvalue weighted by atomic mass is 10.0. The molecule has 1 atom stereocenters. The molecule has 5 heteroatoms. The highest BCUT2D eigenvalue weighted by Crippen LogP contribution is 2.20. The molecule has 2 N–H and O–H groups in total. The van der Waals surface area contributed by atoms with Gasteiger partial charge >= 0.3 is 0 Å². The fourth-order valence-electron chi connectivity index (χ4n) is 1.45. The maximum Gasteiger partial charge on any atom is 0.159 e. The summed E-state index contributed by atoms with van der Waals surface area (Å²) in [5.41, 5.74) is 7.00. The van der Waals surface area contributed by atoms with E-state index in [-0.39, 0.29) is 0 Å². The van der Waals surface area contributed by atoms with Gasteiger partial charge in [0.05, 0.1) is 11.7 Å². The molecule has 0 saturated carbocycles. The number of hydrogen-bond donors (Lipinski definition) is 1. The number of pyridine rings is 1. The molecule has 0 radical (unpaired) electrons. The Morgan fingerprint density at radius 3 is 2.47 bits per heavy atom. The Hall–Kier alpha value is -1.33. The highest BCUT2D eigenvalue weighted by molar-refractivity contribution is 9.10. The number of benzene rings is 1. The van der Waals surface area contributed by atoms with Crippen LogP contribution in [0.2, 0.25) is 0 Å². The predicted octanol–water partition coefficient (Wildman–Crippen LogP) is 3.17. The van der Waals surface area contributed by atoms with E-state index in [1.165, 1.54) is 6.07 Å². The molecule has 0 amide bonds. The number of aromatic nitrogens is 1. The predicted molar refractivity (Wildman–Crippen MR) is 64.3 cm³/mol. The van der Waals surface area contributed by atoms with Gasteiger partial charge in [0.1, 0.15) is 0 Å². The van der Waals surface area contributed by atoms with Crippen LogP contribution in [-0.4, -0.2) is 4.98 Å². The van der Waals surface area contributed by atoms with Gasteiger partial charge in [-0.05, 0) is 45.8 Å². The minimum absolute atomic E-state index is 0.485. The number of hydrogen-bond acceptors (Lipinski definition) is 2. The standard InChI is InChI=1S/C12H9BrF2N2/c13-8-2-4-11(17-6-8)12(16)7-1-3-9(14)10(15)5-7/h1-6,12H,16H2. The van der Waals surface area contributed by atoms with Gasteiger partial charge in [0.2, 0.25) is 0 Å². The number of rotatable bonds is 2. The zero-order chi connectivity index (χ0) is 12.4. The van der Waals surface area contributed by atoms with E-state index in [2.05, 4.69) is 20.9 Å². The van der Waals surface area contributed by atoms with Crippen molar-refractivity contribution in [1.82, 2.24) is 4.98 Å². The van der Waals surface area contributed by atoms with Gasteiger partial charge in [-0.3, -0.25) is 4.98 Å². The molecule has 2 aromatic rings. The van der Waals surface area contributed by atoms with Crippen LogP contribution in [0.5, 0.6) is 0 Å². The molecule has 1 unspecified atom stereocenters. The molecular formula is C12H9BrF2N2. The third-order valence-electron chi connectivity index (χ3n) is 2.37. The van der Waals surface area contributed by atoms with Crippen LogP contribution in [0.15, 0.2) is 41.0 Å². The van der Waals surface area contributed by atoms with Crippen molar-refractivity contribution in [3.63, 3.8) is 0 Å². The largest absolute Gasteiger partial charge is 0.319 e. The van der Waals surface area contributed by atoms with Crippen molar-refractivity contribution in [3.8, 4) is 0 Å². The first-order valence-corrected chi connectivity index (χ1v) is 5.69. The molecule has 1 aromatic heterocycles. The Labute approximate surface area is 106 Å². The van der Waals surface area contributed by atoms with E-state index in [0.29, 0.717) is 11.3 Å². The topological polar surface area (TPSA) is 38.9 Å². The highest BCUT2D eigenvalue weighted by atomic mass is 79.9. The molecule has 88 valence electrons. The van der Waals surface area contributed by atoms with E-state index in [0.717, 1.165) is 16.6 Å². The van der Waals surface area contributed by atoms with Crippen LogP contribution in [0.4, 0.5) is 8.78 Å². The van der Waals surface area contributed by atoms with Crippen LogP contribution in [0.25, 0.3) is 0 Å². The fourth-order valence-corrected chi connectivity index (χ4v) is 1.68. The van der Waals surface area contributed by atoms with Gasteiger partial charge in [-0.1, -0.05) is 6.07 Å². The summed E-state index contributed by atoms with van der Waals surface area (Å²) in [5.74, 6) is -1.79. The molecule has 0 saturated heterocycles. The minimum Gasteiger partial charge on any atom is -0.319 e. The van der Waals surface area contributed by atoms with Crippen LogP contribution >= 0.6 is 15.9 Å². The summed E-state index contributed by atoms with van der Waals surface area (Å²) in [6.45, 7) is 0. The van der Waals surface area contributed by atoms with Gasteiger partial charge in [-0.25, -0.2) is 8.78 Å². The Morgan fingerprint density at radius 2 is 1.88 bits per heavy atom. The molecule has 0 aliphatic carbocycles. The second-order valence-corrected chi connectivity index (χ2v) is 4.47. The van der Waals surface area contributed by atoms with Gasteiger partial charge < -0.3 is 5.73 Å². The summed E-state index contributed by atoms with van der Waals surface area (Å²) in [6, 6.07) is 6.55. The summed E-state index contributed by atoms with van der Waals surface area (Å²) in [5, 5.41) is 0. The van der Waals surface area contributed by atoms with Gasteiger partial charge in [0.15, 0.2) is 11.6 Å². The average molecular weight is 299 g/mol. The molecule has 0 fully saturated rings. The normalized spacial score (nSPS) is 12.5. The van der Waals surface area contributed by atoms with Gasteiger partial charge in [0.25, 0.3) is 0 Å². The van der Waals surface area contributed by atoms with Crippen LogP contribution in [0, 0.1) is 11.6 Å². The van der Waals surface area contributed by atoms with E-state index in [1.807, 2.05) is 0 Å². The lowest BCUT2D eigenvalue weighted by Crippen LogP contribution is -2.13. The van der Waals surface area contributed by atoms with Gasteiger partial charge in [-0.15, -0.1) is 0 Å². The van der Waals surface area contributed by atoms with Crippen molar-refractivity contribution in [1.29, 1.82) is 0 Å². The van der Waals surface area contributed by atoms with E-state index in [9.17, 15) is 8.78 Å². The molecule has 0 spiro atoms. The van der Waals surface area contributed by atoms with Crippen LogP contribution < -0.4 is 5.73 Å². The zero-order valence-corrected chi connectivity index (χ0v) is 10.3.